The second kappa shape index (κ2) is 5.09. The van der Waals surface area contributed by atoms with E-state index in [0.717, 1.165) is 10.6 Å². The molecule has 0 aliphatic heterocycles. The van der Waals surface area contributed by atoms with Crippen molar-refractivity contribution in [1.29, 1.82) is 0 Å². The summed E-state index contributed by atoms with van der Waals surface area (Å²) in [6, 6.07) is 1.72. The Morgan fingerprint density at radius 1 is 1.69 bits per heavy atom. The normalized spacial score (nSPS) is 9.69. The van der Waals surface area contributed by atoms with Gasteiger partial charge < -0.3 is 5.32 Å². The predicted octanol–water partition coefficient (Wildman–Crippen LogP) is 2.42. The highest BCUT2D eigenvalue weighted by Crippen LogP contribution is 2.18. The SMILES string of the molecule is Cc1csc(NC(=O)NCCCl)c1. The second-order valence-electron chi connectivity index (χ2n) is 2.56. The highest BCUT2D eigenvalue weighted by molar-refractivity contribution is 7.14. The minimum absolute atomic E-state index is 0.206. The molecule has 0 aliphatic rings. The van der Waals surface area contributed by atoms with Gasteiger partial charge in [-0.1, -0.05) is 0 Å². The number of hydrogen-bond donors (Lipinski definition) is 2. The lowest BCUT2D eigenvalue weighted by molar-refractivity contribution is 0.252. The van der Waals surface area contributed by atoms with E-state index >= 15 is 0 Å². The molecule has 0 radical (unpaired) electrons. The van der Waals surface area contributed by atoms with Crippen molar-refractivity contribution in [3.63, 3.8) is 0 Å². The van der Waals surface area contributed by atoms with E-state index in [2.05, 4.69) is 10.6 Å². The number of halogens is 1. The number of urea groups is 1. The predicted molar refractivity (Wildman–Crippen MR) is 56.8 cm³/mol. The molecule has 0 aliphatic carbocycles. The van der Waals surface area contributed by atoms with Crippen LogP contribution in [0.15, 0.2) is 11.4 Å². The molecule has 72 valence electrons. The quantitative estimate of drug-likeness (QED) is 0.752. The maximum Gasteiger partial charge on any atom is 0.319 e. The minimum atomic E-state index is -0.206. The number of aryl methyl sites for hydroxylation is 1. The molecule has 1 aromatic heterocycles. The molecule has 0 saturated carbocycles. The summed E-state index contributed by atoms with van der Waals surface area (Å²) in [6.45, 7) is 2.47. The Kier molecular flexibility index (Phi) is 4.05. The van der Waals surface area contributed by atoms with E-state index in [-0.39, 0.29) is 6.03 Å². The lowest BCUT2D eigenvalue weighted by Gasteiger charge is -2.02. The van der Waals surface area contributed by atoms with Crippen molar-refractivity contribution in [3.8, 4) is 0 Å². The Hall–Kier alpha value is -0.740. The molecule has 0 atom stereocenters. The Labute approximate surface area is 86.1 Å². The Morgan fingerprint density at radius 3 is 3.00 bits per heavy atom. The smallest absolute Gasteiger partial charge is 0.319 e. The molecule has 3 nitrogen and oxygen atoms in total. The molecule has 1 heterocycles. The van der Waals surface area contributed by atoms with Gasteiger partial charge >= 0.3 is 6.03 Å². The fraction of sp³-hybridized carbons (Fsp3) is 0.375. The van der Waals surface area contributed by atoms with Gasteiger partial charge in [0.1, 0.15) is 0 Å². The molecule has 0 unspecified atom stereocenters. The third-order valence-electron chi connectivity index (χ3n) is 1.35. The molecule has 1 rings (SSSR count). The first-order chi connectivity index (χ1) is 6.22. The maximum absolute atomic E-state index is 11.1. The number of carbonyl (C=O) groups excluding carboxylic acids is 1. The Balaban J connectivity index is 2.36. The molecule has 0 saturated heterocycles. The first-order valence-electron chi connectivity index (χ1n) is 3.88. The van der Waals surface area contributed by atoms with Gasteiger partial charge in [-0.25, -0.2) is 4.79 Å². The fourth-order valence-corrected chi connectivity index (χ4v) is 1.69. The summed E-state index contributed by atoms with van der Waals surface area (Å²) in [6.07, 6.45) is 0. The van der Waals surface area contributed by atoms with Crippen molar-refractivity contribution in [2.24, 2.45) is 0 Å². The van der Waals surface area contributed by atoms with Gasteiger partial charge in [-0.2, -0.15) is 0 Å². The molecule has 0 bridgehead atoms. The molecule has 0 spiro atoms. The van der Waals surface area contributed by atoms with Crippen LogP contribution in [0.1, 0.15) is 5.56 Å². The van der Waals surface area contributed by atoms with Gasteiger partial charge in [0.15, 0.2) is 0 Å². The fourth-order valence-electron chi connectivity index (χ4n) is 0.814. The second-order valence-corrected chi connectivity index (χ2v) is 3.85. The van der Waals surface area contributed by atoms with E-state index < -0.39 is 0 Å². The van der Waals surface area contributed by atoms with Crippen LogP contribution in [0.25, 0.3) is 0 Å². The van der Waals surface area contributed by atoms with Gasteiger partial charge in [-0.15, -0.1) is 22.9 Å². The molecule has 5 heteroatoms. The van der Waals surface area contributed by atoms with Crippen molar-refractivity contribution in [3.05, 3.63) is 17.0 Å². The van der Waals surface area contributed by atoms with E-state index in [0.29, 0.717) is 12.4 Å². The Morgan fingerprint density at radius 2 is 2.46 bits per heavy atom. The molecule has 13 heavy (non-hydrogen) atoms. The van der Waals surface area contributed by atoms with Crippen LogP contribution in [0.4, 0.5) is 9.80 Å². The van der Waals surface area contributed by atoms with E-state index in [9.17, 15) is 4.79 Å². The number of rotatable bonds is 3. The van der Waals surface area contributed by atoms with Crippen LogP contribution >= 0.6 is 22.9 Å². The first-order valence-corrected chi connectivity index (χ1v) is 5.29. The van der Waals surface area contributed by atoms with Gasteiger partial charge in [-0.05, 0) is 23.9 Å². The topological polar surface area (TPSA) is 41.1 Å². The maximum atomic E-state index is 11.1. The number of nitrogens with one attached hydrogen (secondary N) is 2. The first kappa shape index (κ1) is 10.3. The molecule has 2 amide bonds. The van der Waals surface area contributed by atoms with Gasteiger partial charge in [0.25, 0.3) is 0 Å². The number of alkyl halides is 1. The standard InChI is InChI=1S/C8H11ClN2OS/c1-6-4-7(13-5-6)11-8(12)10-3-2-9/h4-5H,2-3H2,1H3,(H2,10,11,12). The third kappa shape index (κ3) is 3.65. The molecule has 0 aromatic carbocycles. The van der Waals surface area contributed by atoms with E-state index in [4.69, 9.17) is 11.6 Å². The minimum Gasteiger partial charge on any atom is -0.337 e. The zero-order valence-corrected chi connectivity index (χ0v) is 8.84. The monoisotopic (exact) mass is 218 g/mol. The molecular formula is C8H11ClN2OS. The van der Waals surface area contributed by atoms with Crippen molar-refractivity contribution < 1.29 is 4.79 Å². The van der Waals surface area contributed by atoms with Crippen LogP contribution in [0.3, 0.4) is 0 Å². The van der Waals surface area contributed by atoms with Crippen molar-refractivity contribution in [2.45, 2.75) is 6.92 Å². The van der Waals surface area contributed by atoms with E-state index in [1.165, 1.54) is 11.3 Å². The van der Waals surface area contributed by atoms with E-state index in [1.54, 1.807) is 0 Å². The number of hydrogen-bond acceptors (Lipinski definition) is 2. The van der Waals surface area contributed by atoms with Gasteiger partial charge in [0.05, 0.1) is 5.00 Å². The van der Waals surface area contributed by atoms with Crippen molar-refractivity contribution in [2.75, 3.05) is 17.7 Å². The summed E-state index contributed by atoms with van der Waals surface area (Å²) >= 11 is 6.92. The lowest BCUT2D eigenvalue weighted by atomic mass is 10.4. The third-order valence-corrected chi connectivity index (χ3v) is 2.50. The summed E-state index contributed by atoms with van der Waals surface area (Å²) in [7, 11) is 0. The van der Waals surface area contributed by atoms with Crippen LogP contribution in [-0.4, -0.2) is 18.5 Å². The largest absolute Gasteiger partial charge is 0.337 e. The van der Waals surface area contributed by atoms with Crippen LogP contribution < -0.4 is 10.6 Å². The molecule has 2 N–H and O–H groups in total. The number of carbonyl (C=O) groups is 1. The van der Waals surface area contributed by atoms with Crippen LogP contribution in [0, 0.1) is 6.92 Å². The number of thiophene rings is 1. The van der Waals surface area contributed by atoms with Gasteiger partial charge in [-0.3, -0.25) is 5.32 Å². The zero-order chi connectivity index (χ0) is 9.68. The zero-order valence-electron chi connectivity index (χ0n) is 7.26. The average Bonchev–Trinajstić information content (AvgIpc) is 2.48. The van der Waals surface area contributed by atoms with Crippen LogP contribution in [0.5, 0.6) is 0 Å². The highest BCUT2D eigenvalue weighted by Gasteiger charge is 2.01. The number of anilines is 1. The summed E-state index contributed by atoms with van der Waals surface area (Å²) < 4.78 is 0. The van der Waals surface area contributed by atoms with Crippen LogP contribution in [-0.2, 0) is 0 Å². The van der Waals surface area contributed by atoms with Crippen LogP contribution in [0.2, 0.25) is 0 Å². The van der Waals surface area contributed by atoms with Gasteiger partial charge in [0, 0.05) is 12.4 Å². The average molecular weight is 219 g/mol. The van der Waals surface area contributed by atoms with Gasteiger partial charge in [0.2, 0.25) is 0 Å². The molecule has 0 fully saturated rings. The summed E-state index contributed by atoms with van der Waals surface area (Å²) in [5.74, 6) is 0.427. The van der Waals surface area contributed by atoms with Crippen molar-refractivity contribution in [1.82, 2.24) is 5.32 Å². The summed E-state index contributed by atoms with van der Waals surface area (Å²) in [5, 5.41) is 8.16. The highest BCUT2D eigenvalue weighted by atomic mass is 35.5. The summed E-state index contributed by atoms with van der Waals surface area (Å²) in [4.78, 5) is 11.1. The van der Waals surface area contributed by atoms with E-state index in [1.807, 2.05) is 18.4 Å². The number of amides is 2. The lowest BCUT2D eigenvalue weighted by Crippen LogP contribution is -2.29. The summed E-state index contributed by atoms with van der Waals surface area (Å²) in [5.41, 5.74) is 1.15. The molecule has 1 aromatic rings. The Bertz CT molecular complexity index is 287. The molecular weight excluding hydrogens is 208 g/mol. The van der Waals surface area contributed by atoms with Crippen molar-refractivity contribution >= 4 is 34.0 Å².